The Kier molecular flexibility index (Phi) is 12.5. The van der Waals surface area contributed by atoms with Gasteiger partial charge in [0.15, 0.2) is 5.78 Å². The first kappa shape index (κ1) is 19.3. The molecule has 0 aromatic carbocycles. The van der Waals surface area contributed by atoms with E-state index in [1.165, 1.54) is 25.3 Å². The van der Waals surface area contributed by atoms with E-state index in [0.29, 0.717) is 0 Å². The van der Waals surface area contributed by atoms with Gasteiger partial charge in [0.05, 0.1) is 0 Å². The summed E-state index contributed by atoms with van der Waals surface area (Å²) in [4.78, 5) is 10.9. The van der Waals surface area contributed by atoms with E-state index in [9.17, 15) is 17.8 Å². The minimum absolute atomic E-state index is 0. The Hall–Kier alpha value is -0.0826. The standard InChI is InChI=1S/C11H20O4S.Li/c1-2-3-4-5-6-7-8-9-11(12)10-16(13,14)15;/h8-9H,2-7,10H2,1H3,(H,13,14,15);/q;+1/p-1. The summed E-state index contributed by atoms with van der Waals surface area (Å²) in [5.41, 5.74) is 0. The Morgan fingerprint density at radius 3 is 2.29 bits per heavy atom. The van der Waals surface area contributed by atoms with E-state index < -0.39 is 21.7 Å². The summed E-state index contributed by atoms with van der Waals surface area (Å²) in [5.74, 6) is -1.57. The molecule has 0 spiro atoms. The van der Waals surface area contributed by atoms with Gasteiger partial charge in [-0.1, -0.05) is 38.7 Å². The van der Waals surface area contributed by atoms with Crippen molar-refractivity contribution in [3.8, 4) is 0 Å². The van der Waals surface area contributed by atoms with Crippen LogP contribution in [0.2, 0.25) is 0 Å². The first-order valence-corrected chi connectivity index (χ1v) is 7.16. The molecule has 0 fully saturated rings. The Bertz CT molecular complexity index is 322. The second-order valence-corrected chi connectivity index (χ2v) is 5.18. The van der Waals surface area contributed by atoms with Crippen molar-refractivity contribution in [3.05, 3.63) is 12.2 Å². The number of allylic oxidation sites excluding steroid dienone is 2. The van der Waals surface area contributed by atoms with Crippen molar-refractivity contribution in [2.24, 2.45) is 0 Å². The Morgan fingerprint density at radius 2 is 1.76 bits per heavy atom. The summed E-state index contributed by atoms with van der Waals surface area (Å²) in [6.45, 7) is 2.14. The van der Waals surface area contributed by atoms with E-state index in [4.69, 9.17) is 0 Å². The molecule has 0 unspecified atom stereocenters. The summed E-state index contributed by atoms with van der Waals surface area (Å²) in [6.07, 6.45) is 9.29. The third-order valence-corrected chi connectivity index (χ3v) is 2.74. The van der Waals surface area contributed by atoms with E-state index in [1.54, 1.807) is 6.08 Å². The summed E-state index contributed by atoms with van der Waals surface area (Å²) < 4.78 is 30.7. The Labute approximate surface area is 116 Å². The molecule has 0 atom stereocenters. The first-order valence-electron chi connectivity index (χ1n) is 5.58. The molecule has 0 bridgehead atoms. The topological polar surface area (TPSA) is 74.3 Å². The summed E-state index contributed by atoms with van der Waals surface area (Å²) in [6, 6.07) is 0. The molecule has 0 saturated heterocycles. The molecule has 0 aromatic rings. The van der Waals surface area contributed by atoms with E-state index in [-0.39, 0.29) is 18.9 Å². The van der Waals surface area contributed by atoms with Crippen LogP contribution in [0, 0.1) is 0 Å². The molecule has 0 heterocycles. The van der Waals surface area contributed by atoms with E-state index in [1.807, 2.05) is 0 Å². The van der Waals surface area contributed by atoms with Crippen LogP contribution in [-0.2, 0) is 14.9 Å². The zero-order chi connectivity index (χ0) is 12.4. The van der Waals surface area contributed by atoms with Gasteiger partial charge in [-0.15, -0.1) is 0 Å². The van der Waals surface area contributed by atoms with Crippen molar-refractivity contribution in [3.63, 3.8) is 0 Å². The van der Waals surface area contributed by atoms with E-state index in [0.717, 1.165) is 19.3 Å². The number of hydrogen-bond acceptors (Lipinski definition) is 4. The number of ketones is 1. The molecule has 0 N–H and O–H groups in total. The van der Waals surface area contributed by atoms with Gasteiger partial charge in [-0.05, 0) is 18.9 Å². The molecule has 4 nitrogen and oxygen atoms in total. The molecule has 0 saturated carbocycles. The van der Waals surface area contributed by atoms with E-state index >= 15 is 0 Å². The van der Waals surface area contributed by atoms with Crippen LogP contribution in [0.15, 0.2) is 12.2 Å². The number of hydrogen-bond donors (Lipinski definition) is 0. The maximum Gasteiger partial charge on any atom is 1.00 e. The van der Waals surface area contributed by atoms with Gasteiger partial charge in [0.2, 0.25) is 0 Å². The van der Waals surface area contributed by atoms with Crippen molar-refractivity contribution < 1.29 is 36.6 Å². The van der Waals surface area contributed by atoms with Crippen LogP contribution in [0.5, 0.6) is 0 Å². The largest absolute Gasteiger partial charge is 1.00 e. The predicted octanol–water partition coefficient (Wildman–Crippen LogP) is -0.979. The molecule has 0 aliphatic rings. The van der Waals surface area contributed by atoms with Crippen molar-refractivity contribution >= 4 is 15.9 Å². The maximum absolute atomic E-state index is 10.9. The molecule has 0 radical (unpaired) electrons. The van der Waals surface area contributed by atoms with Crippen LogP contribution in [0.4, 0.5) is 0 Å². The van der Waals surface area contributed by atoms with Gasteiger partial charge in [-0.3, -0.25) is 4.79 Å². The monoisotopic (exact) mass is 254 g/mol. The molecule has 17 heavy (non-hydrogen) atoms. The van der Waals surface area contributed by atoms with Crippen molar-refractivity contribution in [1.29, 1.82) is 0 Å². The Balaban J connectivity index is 0. The summed E-state index contributed by atoms with van der Waals surface area (Å²) in [7, 11) is -4.43. The molecular weight excluding hydrogens is 235 g/mol. The minimum atomic E-state index is -4.43. The first-order chi connectivity index (χ1) is 7.45. The maximum atomic E-state index is 10.9. The quantitative estimate of drug-likeness (QED) is 0.229. The van der Waals surface area contributed by atoms with Gasteiger partial charge < -0.3 is 4.55 Å². The third kappa shape index (κ3) is 15.9. The fourth-order valence-corrected chi connectivity index (χ4v) is 1.75. The molecule has 94 valence electrons. The SMILES string of the molecule is CCCCCCCC=CC(=O)CS(=O)(=O)[O-].[Li+]. The van der Waals surface area contributed by atoms with Gasteiger partial charge in [-0.25, -0.2) is 8.42 Å². The zero-order valence-electron chi connectivity index (χ0n) is 10.6. The molecule has 6 heteroatoms. The van der Waals surface area contributed by atoms with Crippen molar-refractivity contribution in [2.45, 2.75) is 45.4 Å². The van der Waals surface area contributed by atoms with Gasteiger partial charge in [0.1, 0.15) is 15.9 Å². The minimum Gasteiger partial charge on any atom is -0.748 e. The number of rotatable bonds is 9. The van der Waals surface area contributed by atoms with Crippen LogP contribution < -0.4 is 18.9 Å². The van der Waals surface area contributed by atoms with Gasteiger partial charge in [0.25, 0.3) is 0 Å². The van der Waals surface area contributed by atoms with Crippen LogP contribution in [0.1, 0.15) is 45.4 Å². The number of carbonyl (C=O) groups is 1. The number of carbonyl (C=O) groups excluding carboxylic acids is 1. The molecular formula is C11H19LiO4S. The number of unbranched alkanes of at least 4 members (excludes halogenated alkanes) is 5. The summed E-state index contributed by atoms with van der Waals surface area (Å²) >= 11 is 0. The third-order valence-electron chi connectivity index (χ3n) is 2.10. The van der Waals surface area contributed by atoms with Gasteiger partial charge >= 0.3 is 18.9 Å². The van der Waals surface area contributed by atoms with Crippen LogP contribution >= 0.6 is 0 Å². The van der Waals surface area contributed by atoms with Gasteiger partial charge in [-0.2, -0.15) is 0 Å². The van der Waals surface area contributed by atoms with Gasteiger partial charge in [0, 0.05) is 0 Å². The van der Waals surface area contributed by atoms with Crippen LogP contribution in [0.25, 0.3) is 0 Å². The molecule has 0 amide bonds. The fourth-order valence-electron chi connectivity index (χ4n) is 1.30. The summed E-state index contributed by atoms with van der Waals surface area (Å²) in [5, 5.41) is 0. The second-order valence-electron chi connectivity index (χ2n) is 3.77. The van der Waals surface area contributed by atoms with Crippen LogP contribution in [-0.4, -0.2) is 24.5 Å². The average Bonchev–Trinajstić information content (AvgIpc) is 2.13. The second kappa shape index (κ2) is 11.0. The van der Waals surface area contributed by atoms with Crippen LogP contribution in [0.3, 0.4) is 0 Å². The fraction of sp³-hybridized carbons (Fsp3) is 0.727. The predicted molar refractivity (Wildman–Crippen MR) is 62.1 cm³/mol. The average molecular weight is 254 g/mol. The van der Waals surface area contributed by atoms with Crippen molar-refractivity contribution in [1.82, 2.24) is 0 Å². The Morgan fingerprint density at radius 1 is 1.18 bits per heavy atom. The normalized spacial score (nSPS) is 11.4. The van der Waals surface area contributed by atoms with E-state index in [2.05, 4.69) is 6.92 Å². The smallest absolute Gasteiger partial charge is 0.748 e. The zero-order valence-corrected chi connectivity index (χ0v) is 11.5. The molecule has 0 aliphatic heterocycles. The van der Waals surface area contributed by atoms with Crippen molar-refractivity contribution in [2.75, 3.05) is 5.75 Å². The molecule has 0 rings (SSSR count). The molecule has 0 aliphatic carbocycles. The molecule has 0 aromatic heterocycles.